The number of hydrogen-bond acceptors (Lipinski definition) is 7. The summed E-state index contributed by atoms with van der Waals surface area (Å²) in [5, 5.41) is 3.12. The summed E-state index contributed by atoms with van der Waals surface area (Å²) in [6, 6.07) is 11.0. The maximum absolute atomic E-state index is 12.7. The maximum atomic E-state index is 12.7. The van der Waals surface area contributed by atoms with Crippen molar-refractivity contribution in [2.24, 2.45) is 0 Å². The summed E-state index contributed by atoms with van der Waals surface area (Å²) in [4.78, 5) is 37.8. The maximum Gasteiger partial charge on any atom is 0.337 e. The van der Waals surface area contributed by atoms with Crippen LogP contribution in [0.2, 0.25) is 0 Å². The predicted molar refractivity (Wildman–Crippen MR) is 105 cm³/mol. The van der Waals surface area contributed by atoms with E-state index in [2.05, 4.69) is 10.1 Å². The molecule has 2 amide bonds. The molecule has 1 saturated heterocycles. The van der Waals surface area contributed by atoms with Gasteiger partial charge in [0.05, 0.1) is 45.0 Å². The minimum atomic E-state index is -0.629. The van der Waals surface area contributed by atoms with Crippen LogP contribution in [0.25, 0.3) is 0 Å². The van der Waals surface area contributed by atoms with E-state index in [1.165, 1.54) is 19.2 Å². The standard InChI is InChI=1S/C21H22N2O6/c1-27-17-9-4-13(10-18(17)28-2)12-22-16-11-19(24)23(20(16)25)15-7-5-14(6-8-15)21(26)29-3/h4-10,16,22H,11-12H2,1-3H3. The van der Waals surface area contributed by atoms with Gasteiger partial charge in [0.25, 0.3) is 5.91 Å². The molecule has 1 heterocycles. The number of hydrogen-bond donors (Lipinski definition) is 1. The van der Waals surface area contributed by atoms with Crippen LogP contribution in [0.15, 0.2) is 42.5 Å². The normalized spacial score (nSPS) is 16.1. The highest BCUT2D eigenvalue weighted by atomic mass is 16.5. The Labute approximate surface area is 168 Å². The van der Waals surface area contributed by atoms with E-state index in [1.807, 2.05) is 12.1 Å². The van der Waals surface area contributed by atoms with Crippen molar-refractivity contribution in [3.63, 3.8) is 0 Å². The lowest BCUT2D eigenvalue weighted by Gasteiger charge is -2.16. The molecule has 8 heteroatoms. The van der Waals surface area contributed by atoms with Crippen molar-refractivity contribution >= 4 is 23.5 Å². The number of nitrogens with zero attached hydrogens (tertiary/aromatic N) is 1. The average molecular weight is 398 g/mol. The molecule has 3 rings (SSSR count). The van der Waals surface area contributed by atoms with Crippen molar-refractivity contribution in [1.29, 1.82) is 0 Å². The zero-order valence-electron chi connectivity index (χ0n) is 16.4. The molecule has 29 heavy (non-hydrogen) atoms. The highest BCUT2D eigenvalue weighted by molar-refractivity contribution is 6.22. The summed E-state index contributed by atoms with van der Waals surface area (Å²) in [7, 11) is 4.40. The molecule has 1 fully saturated rings. The number of nitrogens with one attached hydrogen (secondary N) is 1. The third-order valence-corrected chi connectivity index (χ3v) is 4.69. The quantitative estimate of drug-likeness (QED) is 0.562. The first-order chi connectivity index (χ1) is 14.0. The topological polar surface area (TPSA) is 94.2 Å². The monoisotopic (exact) mass is 398 g/mol. The number of carbonyl (C=O) groups excluding carboxylic acids is 3. The Bertz CT molecular complexity index is 925. The van der Waals surface area contributed by atoms with Gasteiger partial charge in [-0.3, -0.25) is 9.59 Å². The number of amides is 2. The van der Waals surface area contributed by atoms with Crippen LogP contribution in [-0.2, 0) is 20.9 Å². The van der Waals surface area contributed by atoms with Gasteiger partial charge in [-0.1, -0.05) is 6.07 Å². The SMILES string of the molecule is COC(=O)c1ccc(N2C(=O)CC(NCc3ccc(OC)c(OC)c3)C2=O)cc1. The summed E-state index contributed by atoms with van der Waals surface area (Å²) in [5.41, 5.74) is 1.66. The second-order valence-corrected chi connectivity index (χ2v) is 6.43. The first-order valence-corrected chi connectivity index (χ1v) is 8.98. The Balaban J connectivity index is 1.68. The predicted octanol–water partition coefficient (Wildman–Crippen LogP) is 1.91. The van der Waals surface area contributed by atoms with Gasteiger partial charge in [-0.2, -0.15) is 0 Å². The first kappa shape index (κ1) is 20.3. The number of esters is 1. The fourth-order valence-corrected chi connectivity index (χ4v) is 3.16. The molecule has 152 valence electrons. The smallest absolute Gasteiger partial charge is 0.337 e. The van der Waals surface area contributed by atoms with Crippen LogP contribution in [0.3, 0.4) is 0 Å². The second kappa shape index (κ2) is 8.74. The molecule has 1 aliphatic heterocycles. The molecule has 1 unspecified atom stereocenters. The van der Waals surface area contributed by atoms with E-state index < -0.39 is 12.0 Å². The molecule has 1 N–H and O–H groups in total. The van der Waals surface area contributed by atoms with Gasteiger partial charge in [0.2, 0.25) is 5.91 Å². The van der Waals surface area contributed by atoms with E-state index in [9.17, 15) is 14.4 Å². The third-order valence-electron chi connectivity index (χ3n) is 4.69. The first-order valence-electron chi connectivity index (χ1n) is 8.98. The van der Waals surface area contributed by atoms with Gasteiger partial charge >= 0.3 is 5.97 Å². The number of anilines is 1. The van der Waals surface area contributed by atoms with Crippen LogP contribution in [0.4, 0.5) is 5.69 Å². The van der Waals surface area contributed by atoms with Crippen molar-refractivity contribution in [2.75, 3.05) is 26.2 Å². The van der Waals surface area contributed by atoms with Gasteiger partial charge in [0.1, 0.15) is 0 Å². The number of methoxy groups -OCH3 is 3. The molecule has 8 nitrogen and oxygen atoms in total. The number of imide groups is 1. The highest BCUT2D eigenvalue weighted by Gasteiger charge is 2.39. The van der Waals surface area contributed by atoms with Gasteiger partial charge in [-0.25, -0.2) is 9.69 Å². The van der Waals surface area contributed by atoms with Crippen LogP contribution in [0.5, 0.6) is 11.5 Å². The van der Waals surface area contributed by atoms with E-state index in [-0.39, 0.29) is 18.2 Å². The van der Waals surface area contributed by atoms with Crippen LogP contribution in [0, 0.1) is 0 Å². The van der Waals surface area contributed by atoms with E-state index in [0.29, 0.717) is 29.3 Å². The van der Waals surface area contributed by atoms with Gasteiger partial charge in [0.15, 0.2) is 11.5 Å². The number of rotatable bonds is 7. The fraction of sp³-hybridized carbons (Fsp3) is 0.286. The molecule has 0 radical (unpaired) electrons. The molecule has 0 aromatic heterocycles. The molecule has 0 bridgehead atoms. The van der Waals surface area contributed by atoms with Crippen molar-refractivity contribution in [3.8, 4) is 11.5 Å². The Hall–Kier alpha value is -3.39. The molecular weight excluding hydrogens is 376 g/mol. The lowest BCUT2D eigenvalue weighted by molar-refractivity contribution is -0.121. The minimum Gasteiger partial charge on any atom is -0.493 e. The van der Waals surface area contributed by atoms with Gasteiger partial charge in [0, 0.05) is 6.54 Å². The molecule has 1 aliphatic rings. The van der Waals surface area contributed by atoms with Crippen LogP contribution >= 0.6 is 0 Å². The fourth-order valence-electron chi connectivity index (χ4n) is 3.16. The largest absolute Gasteiger partial charge is 0.493 e. The molecule has 0 saturated carbocycles. The molecule has 0 aliphatic carbocycles. The average Bonchev–Trinajstić information content (AvgIpc) is 3.04. The van der Waals surface area contributed by atoms with Gasteiger partial charge < -0.3 is 19.5 Å². The molecule has 2 aromatic carbocycles. The van der Waals surface area contributed by atoms with Crippen molar-refractivity contribution in [2.45, 2.75) is 19.0 Å². The van der Waals surface area contributed by atoms with Crippen molar-refractivity contribution in [1.82, 2.24) is 5.32 Å². The Kier molecular flexibility index (Phi) is 6.13. The summed E-state index contributed by atoms with van der Waals surface area (Å²) in [6.07, 6.45) is 0.0604. The number of benzene rings is 2. The molecule has 0 spiro atoms. The summed E-state index contributed by atoms with van der Waals surface area (Å²) >= 11 is 0. The Morgan fingerprint density at radius 3 is 2.34 bits per heavy atom. The minimum absolute atomic E-state index is 0.0604. The summed E-state index contributed by atoms with van der Waals surface area (Å²) in [6.45, 7) is 0.388. The van der Waals surface area contributed by atoms with E-state index >= 15 is 0 Å². The Morgan fingerprint density at radius 2 is 1.72 bits per heavy atom. The molecule has 1 atom stereocenters. The van der Waals surface area contributed by atoms with Crippen LogP contribution < -0.4 is 19.7 Å². The second-order valence-electron chi connectivity index (χ2n) is 6.43. The van der Waals surface area contributed by atoms with Crippen molar-refractivity contribution < 1.29 is 28.6 Å². The molecular formula is C21H22N2O6. The summed E-state index contributed by atoms with van der Waals surface area (Å²) in [5.74, 6) is 0.0925. The third kappa shape index (κ3) is 4.22. The summed E-state index contributed by atoms with van der Waals surface area (Å²) < 4.78 is 15.1. The van der Waals surface area contributed by atoms with Crippen LogP contribution in [-0.4, -0.2) is 45.2 Å². The zero-order chi connectivity index (χ0) is 21.0. The highest BCUT2D eigenvalue weighted by Crippen LogP contribution is 2.28. The van der Waals surface area contributed by atoms with E-state index in [1.54, 1.807) is 32.4 Å². The van der Waals surface area contributed by atoms with Crippen LogP contribution in [0.1, 0.15) is 22.3 Å². The van der Waals surface area contributed by atoms with Gasteiger partial charge in [-0.15, -0.1) is 0 Å². The van der Waals surface area contributed by atoms with Gasteiger partial charge in [-0.05, 0) is 42.0 Å². The number of carbonyl (C=O) groups is 3. The van der Waals surface area contributed by atoms with E-state index in [0.717, 1.165) is 10.5 Å². The van der Waals surface area contributed by atoms with E-state index in [4.69, 9.17) is 9.47 Å². The van der Waals surface area contributed by atoms with Crippen molar-refractivity contribution in [3.05, 3.63) is 53.6 Å². The zero-order valence-corrected chi connectivity index (χ0v) is 16.4. The Morgan fingerprint density at radius 1 is 1.03 bits per heavy atom. The number of ether oxygens (including phenoxy) is 3. The molecule has 2 aromatic rings. The lowest BCUT2D eigenvalue weighted by atomic mass is 10.1. The lowest BCUT2D eigenvalue weighted by Crippen LogP contribution is -2.38.